The van der Waals surface area contributed by atoms with Gasteiger partial charge in [-0.2, -0.15) is 0 Å². The summed E-state index contributed by atoms with van der Waals surface area (Å²) in [7, 11) is 1.85. The summed E-state index contributed by atoms with van der Waals surface area (Å²) < 4.78 is 0. The Labute approximate surface area is 113 Å². The maximum atomic E-state index is 12.5. The van der Waals surface area contributed by atoms with Crippen LogP contribution >= 0.6 is 0 Å². The maximum absolute atomic E-state index is 12.5. The number of carbonyl (C=O) groups is 2. The summed E-state index contributed by atoms with van der Waals surface area (Å²) >= 11 is 0. The normalized spacial score (nSPS) is 27.4. The first-order valence-electron chi connectivity index (χ1n) is 6.53. The summed E-state index contributed by atoms with van der Waals surface area (Å²) in [6, 6.07) is 8.94. The van der Waals surface area contributed by atoms with Gasteiger partial charge in [0.25, 0.3) is 0 Å². The van der Waals surface area contributed by atoms with Crippen molar-refractivity contribution in [1.82, 2.24) is 4.90 Å². The number of carbonyl (C=O) groups excluding carboxylic acids is 1. The molecule has 0 bridgehead atoms. The van der Waals surface area contributed by atoms with E-state index in [1.807, 2.05) is 49.2 Å². The van der Waals surface area contributed by atoms with Crippen LogP contribution in [0.25, 0.3) is 0 Å². The molecule has 0 saturated carbocycles. The molecule has 3 unspecified atom stereocenters. The van der Waals surface area contributed by atoms with Crippen LogP contribution in [0.1, 0.15) is 30.1 Å². The Bertz CT molecular complexity index is 472. The molecule has 4 nitrogen and oxygen atoms in total. The molecule has 1 heterocycles. The highest BCUT2D eigenvalue weighted by Gasteiger charge is 2.41. The van der Waals surface area contributed by atoms with E-state index < -0.39 is 5.97 Å². The smallest absolute Gasteiger partial charge is 0.304 e. The van der Waals surface area contributed by atoms with E-state index in [0.717, 1.165) is 6.42 Å². The molecule has 19 heavy (non-hydrogen) atoms. The van der Waals surface area contributed by atoms with Gasteiger partial charge >= 0.3 is 5.97 Å². The van der Waals surface area contributed by atoms with E-state index in [4.69, 9.17) is 5.11 Å². The number of ketones is 1. The third kappa shape index (κ3) is 2.84. The summed E-state index contributed by atoms with van der Waals surface area (Å²) in [4.78, 5) is 25.3. The van der Waals surface area contributed by atoms with Gasteiger partial charge in [-0.25, -0.2) is 0 Å². The number of carboxylic acids is 1. The van der Waals surface area contributed by atoms with E-state index in [1.165, 1.54) is 0 Å². The Morgan fingerprint density at radius 2 is 1.95 bits per heavy atom. The number of benzene rings is 1. The van der Waals surface area contributed by atoms with Gasteiger partial charge in [-0.15, -0.1) is 0 Å². The van der Waals surface area contributed by atoms with Crippen molar-refractivity contribution < 1.29 is 14.7 Å². The summed E-state index contributed by atoms with van der Waals surface area (Å²) in [6.07, 6.45) is 0.853. The number of rotatable bonds is 4. The van der Waals surface area contributed by atoms with Gasteiger partial charge in [0.15, 0.2) is 5.78 Å². The molecule has 0 aromatic heterocycles. The molecule has 4 heteroatoms. The number of Topliss-reactive ketones (excluding diaryl/α,β-unsaturated/α-hetero) is 1. The summed E-state index contributed by atoms with van der Waals surface area (Å²) in [6.45, 7) is 2.02. The molecular formula is C15H19NO3. The lowest BCUT2D eigenvalue weighted by Gasteiger charge is -2.25. The van der Waals surface area contributed by atoms with Gasteiger partial charge in [0.1, 0.15) is 0 Å². The Hall–Kier alpha value is -1.68. The van der Waals surface area contributed by atoms with Crippen molar-refractivity contribution in [1.29, 1.82) is 0 Å². The first kappa shape index (κ1) is 13.7. The second-order valence-corrected chi connectivity index (χ2v) is 5.31. The first-order valence-corrected chi connectivity index (χ1v) is 6.53. The summed E-state index contributed by atoms with van der Waals surface area (Å²) in [5, 5.41) is 8.91. The molecule has 1 aliphatic rings. The lowest BCUT2D eigenvalue weighted by molar-refractivity contribution is -0.138. The molecule has 0 aliphatic carbocycles. The average Bonchev–Trinajstić information content (AvgIpc) is 2.64. The number of hydrogen-bond acceptors (Lipinski definition) is 3. The Balaban J connectivity index is 2.16. The first-order chi connectivity index (χ1) is 9.00. The van der Waals surface area contributed by atoms with Crippen LogP contribution in [0.5, 0.6) is 0 Å². The van der Waals surface area contributed by atoms with E-state index in [-0.39, 0.29) is 30.2 Å². The van der Waals surface area contributed by atoms with Crippen LogP contribution in [0.4, 0.5) is 0 Å². The Morgan fingerprint density at radius 1 is 1.32 bits per heavy atom. The zero-order valence-corrected chi connectivity index (χ0v) is 11.2. The molecular weight excluding hydrogens is 242 g/mol. The van der Waals surface area contributed by atoms with Crippen molar-refractivity contribution >= 4 is 11.8 Å². The SMILES string of the molecule is CC1CC(CC(=O)O)N(C)C1C(=O)c1ccccc1. The van der Waals surface area contributed by atoms with E-state index in [9.17, 15) is 9.59 Å². The monoisotopic (exact) mass is 261 g/mol. The quantitative estimate of drug-likeness (QED) is 0.843. The predicted molar refractivity (Wildman–Crippen MR) is 72.1 cm³/mol. The van der Waals surface area contributed by atoms with E-state index in [0.29, 0.717) is 5.56 Å². The number of nitrogens with zero attached hydrogens (tertiary/aromatic N) is 1. The van der Waals surface area contributed by atoms with Crippen molar-refractivity contribution in [2.75, 3.05) is 7.05 Å². The topological polar surface area (TPSA) is 57.6 Å². The van der Waals surface area contributed by atoms with Crippen LogP contribution in [0.3, 0.4) is 0 Å². The van der Waals surface area contributed by atoms with Gasteiger partial charge in [-0.3, -0.25) is 14.5 Å². The van der Waals surface area contributed by atoms with Crippen LogP contribution < -0.4 is 0 Å². The fourth-order valence-corrected chi connectivity index (χ4v) is 3.00. The van der Waals surface area contributed by atoms with E-state index >= 15 is 0 Å². The van der Waals surface area contributed by atoms with E-state index in [1.54, 1.807) is 0 Å². The van der Waals surface area contributed by atoms with Crippen molar-refractivity contribution in [3.63, 3.8) is 0 Å². The van der Waals surface area contributed by atoms with Crippen LogP contribution in [0.2, 0.25) is 0 Å². The van der Waals surface area contributed by atoms with Crippen molar-refractivity contribution in [3.8, 4) is 0 Å². The molecule has 1 aromatic carbocycles. The van der Waals surface area contributed by atoms with Crippen LogP contribution in [0, 0.1) is 5.92 Å². The number of likely N-dealkylation sites (N-methyl/N-ethyl adjacent to an activating group) is 1. The second kappa shape index (κ2) is 5.53. The minimum atomic E-state index is -0.808. The van der Waals surface area contributed by atoms with Crippen LogP contribution in [-0.2, 0) is 4.79 Å². The van der Waals surface area contributed by atoms with Gasteiger partial charge in [0.05, 0.1) is 12.5 Å². The number of hydrogen-bond donors (Lipinski definition) is 1. The molecule has 102 valence electrons. The lowest BCUT2D eigenvalue weighted by atomic mass is 9.94. The van der Waals surface area contributed by atoms with Gasteiger partial charge in [0, 0.05) is 11.6 Å². The highest BCUT2D eigenvalue weighted by atomic mass is 16.4. The lowest BCUT2D eigenvalue weighted by Crippen LogP contribution is -2.40. The molecule has 0 amide bonds. The molecule has 2 rings (SSSR count). The summed E-state index contributed by atoms with van der Waals surface area (Å²) in [5.41, 5.74) is 0.696. The second-order valence-electron chi connectivity index (χ2n) is 5.31. The fourth-order valence-electron chi connectivity index (χ4n) is 3.00. The van der Waals surface area contributed by atoms with Crippen LogP contribution in [0.15, 0.2) is 30.3 Å². The zero-order chi connectivity index (χ0) is 14.0. The molecule has 1 aliphatic heterocycles. The molecule has 3 atom stereocenters. The molecule has 0 spiro atoms. The van der Waals surface area contributed by atoms with Crippen molar-refractivity contribution in [2.45, 2.75) is 31.8 Å². The Kier molecular flexibility index (Phi) is 4.00. The molecule has 0 radical (unpaired) electrons. The minimum Gasteiger partial charge on any atom is -0.481 e. The summed E-state index contributed by atoms with van der Waals surface area (Å²) in [5.74, 6) is -0.539. The van der Waals surface area contributed by atoms with Crippen molar-refractivity contribution in [2.24, 2.45) is 5.92 Å². The minimum absolute atomic E-state index is 0.0508. The van der Waals surface area contributed by atoms with Crippen molar-refractivity contribution in [3.05, 3.63) is 35.9 Å². The fraction of sp³-hybridized carbons (Fsp3) is 0.467. The number of carboxylic acid groups (broad SMARTS) is 1. The molecule has 1 N–H and O–H groups in total. The van der Waals surface area contributed by atoms with Gasteiger partial charge in [-0.05, 0) is 19.4 Å². The molecule has 1 saturated heterocycles. The van der Waals surface area contributed by atoms with Gasteiger partial charge in [-0.1, -0.05) is 37.3 Å². The number of likely N-dealkylation sites (tertiary alicyclic amines) is 1. The van der Waals surface area contributed by atoms with E-state index in [2.05, 4.69) is 0 Å². The van der Waals surface area contributed by atoms with Gasteiger partial charge < -0.3 is 5.11 Å². The van der Waals surface area contributed by atoms with Crippen LogP contribution in [-0.4, -0.2) is 40.9 Å². The number of aliphatic carboxylic acids is 1. The highest BCUT2D eigenvalue weighted by Crippen LogP contribution is 2.32. The predicted octanol–water partition coefficient (Wildman–Crippen LogP) is 2.05. The molecule has 1 fully saturated rings. The highest BCUT2D eigenvalue weighted by molar-refractivity contribution is 6.00. The average molecular weight is 261 g/mol. The third-order valence-corrected chi connectivity index (χ3v) is 3.93. The Morgan fingerprint density at radius 3 is 2.53 bits per heavy atom. The molecule has 1 aromatic rings. The maximum Gasteiger partial charge on any atom is 0.304 e. The standard InChI is InChI=1S/C15H19NO3/c1-10-8-12(9-13(17)18)16(2)14(10)15(19)11-6-4-3-5-7-11/h3-7,10,12,14H,8-9H2,1-2H3,(H,17,18). The largest absolute Gasteiger partial charge is 0.481 e. The van der Waals surface area contributed by atoms with Gasteiger partial charge in [0.2, 0.25) is 0 Å². The zero-order valence-electron chi connectivity index (χ0n) is 11.2. The third-order valence-electron chi connectivity index (χ3n) is 3.93.